The Morgan fingerprint density at radius 1 is 0.818 bits per heavy atom. The Kier molecular flexibility index (Phi) is 8.18. The summed E-state index contributed by atoms with van der Waals surface area (Å²) >= 11 is 0. The Balaban J connectivity index is 1.47. The number of amides is 2. The van der Waals surface area contributed by atoms with Gasteiger partial charge in [0.2, 0.25) is 5.91 Å². The standard InChI is InChI=1S/C26H26N2O5/c1-3-32-26(31)33-23-14-10-21(11-15-23)25(30)28-22-12-8-20(9-13-22)17-27-24(29)16-19-6-4-18(2)5-7-19/h4-15H,3,16-17H2,1-2H3,(H,27,29)(H,28,30). The zero-order chi connectivity index (χ0) is 23.6. The quantitative estimate of drug-likeness (QED) is 0.388. The molecule has 33 heavy (non-hydrogen) atoms. The van der Waals surface area contributed by atoms with Crippen LogP contribution in [0.2, 0.25) is 0 Å². The van der Waals surface area contributed by atoms with E-state index in [4.69, 9.17) is 9.47 Å². The lowest BCUT2D eigenvalue weighted by Crippen LogP contribution is -2.24. The Morgan fingerprint density at radius 3 is 2.09 bits per heavy atom. The molecular formula is C26H26N2O5. The predicted octanol–water partition coefficient (Wildman–Crippen LogP) is 4.64. The van der Waals surface area contributed by atoms with E-state index in [1.807, 2.05) is 43.3 Å². The van der Waals surface area contributed by atoms with Crippen molar-refractivity contribution >= 4 is 23.7 Å². The van der Waals surface area contributed by atoms with Crippen LogP contribution in [0.5, 0.6) is 5.75 Å². The van der Waals surface area contributed by atoms with Gasteiger partial charge in [0.25, 0.3) is 5.91 Å². The van der Waals surface area contributed by atoms with Crippen LogP contribution in [0.15, 0.2) is 72.8 Å². The maximum absolute atomic E-state index is 12.4. The van der Waals surface area contributed by atoms with Crippen molar-refractivity contribution in [2.75, 3.05) is 11.9 Å². The number of anilines is 1. The highest BCUT2D eigenvalue weighted by atomic mass is 16.7. The molecule has 0 bridgehead atoms. The number of ether oxygens (including phenoxy) is 2. The summed E-state index contributed by atoms with van der Waals surface area (Å²) in [4.78, 5) is 35.9. The summed E-state index contributed by atoms with van der Waals surface area (Å²) in [5.41, 5.74) is 4.09. The molecule has 0 aliphatic rings. The third kappa shape index (κ3) is 7.50. The van der Waals surface area contributed by atoms with Crippen molar-refractivity contribution in [3.8, 4) is 5.75 Å². The number of hydrogen-bond acceptors (Lipinski definition) is 5. The third-order valence-corrected chi connectivity index (χ3v) is 4.77. The zero-order valence-electron chi connectivity index (χ0n) is 18.6. The van der Waals surface area contributed by atoms with Gasteiger partial charge < -0.3 is 20.1 Å². The van der Waals surface area contributed by atoms with Crippen molar-refractivity contribution in [2.45, 2.75) is 26.8 Å². The van der Waals surface area contributed by atoms with E-state index in [1.54, 1.807) is 31.2 Å². The summed E-state index contributed by atoms with van der Waals surface area (Å²) in [6.45, 7) is 4.32. The maximum Gasteiger partial charge on any atom is 0.513 e. The zero-order valence-corrected chi connectivity index (χ0v) is 18.6. The van der Waals surface area contributed by atoms with Crippen LogP contribution in [0.1, 0.15) is 34.0 Å². The lowest BCUT2D eigenvalue weighted by atomic mass is 10.1. The normalized spacial score (nSPS) is 10.2. The highest BCUT2D eigenvalue weighted by Gasteiger charge is 2.09. The molecule has 2 amide bonds. The fourth-order valence-electron chi connectivity index (χ4n) is 2.98. The van der Waals surface area contributed by atoms with Crippen molar-refractivity contribution in [3.05, 3.63) is 95.1 Å². The Bertz CT molecular complexity index is 1090. The fraction of sp³-hybridized carbons (Fsp3) is 0.192. The topological polar surface area (TPSA) is 93.7 Å². The molecule has 3 rings (SSSR count). The Hall–Kier alpha value is -4.13. The summed E-state index contributed by atoms with van der Waals surface area (Å²) < 4.78 is 9.69. The van der Waals surface area contributed by atoms with Crippen LogP contribution in [0, 0.1) is 6.92 Å². The van der Waals surface area contributed by atoms with Crippen molar-refractivity contribution in [3.63, 3.8) is 0 Å². The molecule has 2 N–H and O–H groups in total. The van der Waals surface area contributed by atoms with Crippen LogP contribution in [0.25, 0.3) is 0 Å². The molecule has 7 heteroatoms. The maximum atomic E-state index is 12.4. The second-order valence-electron chi connectivity index (χ2n) is 7.40. The van der Waals surface area contributed by atoms with Gasteiger partial charge in [0.15, 0.2) is 0 Å². The first-order valence-electron chi connectivity index (χ1n) is 10.6. The van der Waals surface area contributed by atoms with E-state index < -0.39 is 6.16 Å². The van der Waals surface area contributed by atoms with Gasteiger partial charge in [-0.1, -0.05) is 42.0 Å². The molecule has 3 aromatic carbocycles. The van der Waals surface area contributed by atoms with Crippen molar-refractivity contribution in [2.24, 2.45) is 0 Å². The fourth-order valence-corrected chi connectivity index (χ4v) is 2.98. The van der Waals surface area contributed by atoms with E-state index in [2.05, 4.69) is 10.6 Å². The van der Waals surface area contributed by atoms with E-state index in [0.717, 1.165) is 16.7 Å². The molecule has 0 radical (unpaired) electrons. The minimum atomic E-state index is -0.791. The molecule has 0 atom stereocenters. The van der Waals surface area contributed by atoms with Crippen LogP contribution in [0.4, 0.5) is 10.5 Å². The van der Waals surface area contributed by atoms with Crippen LogP contribution >= 0.6 is 0 Å². The van der Waals surface area contributed by atoms with E-state index in [0.29, 0.717) is 30.0 Å². The molecule has 3 aromatic rings. The first-order valence-corrected chi connectivity index (χ1v) is 10.6. The summed E-state index contributed by atoms with van der Waals surface area (Å²) in [5.74, 6) is -0.0535. The molecule has 0 fully saturated rings. The molecule has 0 heterocycles. The molecule has 0 saturated carbocycles. The lowest BCUT2D eigenvalue weighted by Gasteiger charge is -2.09. The van der Waals surface area contributed by atoms with Gasteiger partial charge in [0.05, 0.1) is 13.0 Å². The van der Waals surface area contributed by atoms with E-state index in [1.165, 1.54) is 12.1 Å². The van der Waals surface area contributed by atoms with E-state index in [-0.39, 0.29) is 18.4 Å². The summed E-state index contributed by atoms with van der Waals surface area (Å²) in [5, 5.41) is 5.71. The number of carbonyl (C=O) groups is 3. The molecule has 0 aliphatic heterocycles. The number of carbonyl (C=O) groups excluding carboxylic acids is 3. The second kappa shape index (κ2) is 11.5. The van der Waals surface area contributed by atoms with Gasteiger partial charge in [-0.05, 0) is 61.4 Å². The number of hydrogen-bond donors (Lipinski definition) is 2. The highest BCUT2D eigenvalue weighted by Crippen LogP contribution is 2.16. The van der Waals surface area contributed by atoms with Gasteiger partial charge in [-0.25, -0.2) is 4.79 Å². The van der Waals surface area contributed by atoms with Crippen molar-refractivity contribution in [1.82, 2.24) is 5.32 Å². The molecule has 0 aromatic heterocycles. The number of benzene rings is 3. The minimum absolute atomic E-state index is 0.0494. The molecule has 0 spiro atoms. The Morgan fingerprint density at radius 2 is 1.45 bits per heavy atom. The lowest BCUT2D eigenvalue weighted by molar-refractivity contribution is -0.120. The molecule has 7 nitrogen and oxygen atoms in total. The number of aryl methyl sites for hydroxylation is 1. The average molecular weight is 447 g/mol. The summed E-state index contributed by atoms with van der Waals surface area (Å²) in [6, 6.07) is 21.3. The van der Waals surface area contributed by atoms with Gasteiger partial charge in [-0.15, -0.1) is 0 Å². The minimum Gasteiger partial charge on any atom is -0.434 e. The van der Waals surface area contributed by atoms with Gasteiger partial charge >= 0.3 is 6.16 Å². The van der Waals surface area contributed by atoms with Crippen molar-refractivity contribution < 1.29 is 23.9 Å². The molecule has 170 valence electrons. The summed E-state index contributed by atoms with van der Waals surface area (Å²) in [7, 11) is 0. The molecule has 0 aliphatic carbocycles. The molecular weight excluding hydrogens is 420 g/mol. The second-order valence-corrected chi connectivity index (χ2v) is 7.40. The predicted molar refractivity (Wildman–Crippen MR) is 125 cm³/mol. The smallest absolute Gasteiger partial charge is 0.434 e. The number of rotatable bonds is 8. The van der Waals surface area contributed by atoms with Gasteiger partial charge in [-0.3, -0.25) is 9.59 Å². The monoisotopic (exact) mass is 446 g/mol. The number of nitrogens with one attached hydrogen (secondary N) is 2. The molecule has 0 unspecified atom stereocenters. The largest absolute Gasteiger partial charge is 0.513 e. The SMILES string of the molecule is CCOC(=O)Oc1ccc(C(=O)Nc2ccc(CNC(=O)Cc3ccc(C)cc3)cc2)cc1. The average Bonchev–Trinajstić information content (AvgIpc) is 2.81. The van der Waals surface area contributed by atoms with Gasteiger partial charge in [0.1, 0.15) is 5.75 Å². The van der Waals surface area contributed by atoms with Crippen molar-refractivity contribution in [1.29, 1.82) is 0 Å². The highest BCUT2D eigenvalue weighted by molar-refractivity contribution is 6.04. The molecule has 0 saturated heterocycles. The van der Waals surface area contributed by atoms with Gasteiger partial charge in [-0.2, -0.15) is 0 Å². The summed E-state index contributed by atoms with van der Waals surface area (Å²) in [6.07, 6.45) is -0.459. The van der Waals surface area contributed by atoms with E-state index in [9.17, 15) is 14.4 Å². The Labute approximate surface area is 192 Å². The van der Waals surface area contributed by atoms with E-state index >= 15 is 0 Å². The van der Waals surface area contributed by atoms with Crippen LogP contribution in [-0.4, -0.2) is 24.6 Å². The van der Waals surface area contributed by atoms with Gasteiger partial charge in [0, 0.05) is 17.8 Å². The third-order valence-electron chi connectivity index (χ3n) is 4.77. The first-order chi connectivity index (χ1) is 15.9. The first kappa shape index (κ1) is 23.5. The van der Waals surface area contributed by atoms with Crippen LogP contribution in [0.3, 0.4) is 0 Å². The van der Waals surface area contributed by atoms with Crippen LogP contribution in [-0.2, 0) is 22.5 Å². The van der Waals surface area contributed by atoms with Crippen LogP contribution < -0.4 is 15.4 Å².